The predicted molar refractivity (Wildman–Crippen MR) is 81.0 cm³/mol. The Hall–Kier alpha value is -1.62. The van der Waals surface area contributed by atoms with Crippen molar-refractivity contribution in [2.75, 3.05) is 32.0 Å². The molecule has 2 N–H and O–H groups in total. The van der Waals surface area contributed by atoms with Crippen LogP contribution in [0.25, 0.3) is 0 Å². The van der Waals surface area contributed by atoms with Gasteiger partial charge in [0.1, 0.15) is 0 Å². The summed E-state index contributed by atoms with van der Waals surface area (Å²) in [5, 5.41) is 6.22. The quantitative estimate of drug-likeness (QED) is 0.759. The van der Waals surface area contributed by atoms with Crippen LogP contribution in [0.2, 0.25) is 0 Å². The maximum absolute atomic E-state index is 12.2. The van der Waals surface area contributed by atoms with Gasteiger partial charge >= 0.3 is 0 Å². The van der Waals surface area contributed by atoms with E-state index in [0.717, 1.165) is 31.2 Å². The fraction of sp³-hybridized carbons (Fsp3) is 0.600. The summed E-state index contributed by atoms with van der Waals surface area (Å²) < 4.78 is 0. The largest absolute Gasteiger partial charge is 0.383 e. The van der Waals surface area contributed by atoms with E-state index in [1.807, 2.05) is 0 Å². The molecule has 1 heterocycles. The number of pyridine rings is 1. The Labute approximate surface area is 120 Å². The second-order valence-electron chi connectivity index (χ2n) is 5.32. The van der Waals surface area contributed by atoms with Crippen molar-refractivity contribution >= 4 is 11.6 Å². The highest BCUT2D eigenvalue weighted by Gasteiger charge is 2.25. The lowest BCUT2D eigenvalue weighted by Gasteiger charge is -2.16. The van der Waals surface area contributed by atoms with Crippen LogP contribution in [0.4, 0.5) is 5.69 Å². The molecule has 0 aromatic carbocycles. The molecule has 0 unspecified atom stereocenters. The minimum Gasteiger partial charge on any atom is -0.383 e. The first-order chi connectivity index (χ1) is 9.72. The first-order valence-corrected chi connectivity index (χ1v) is 7.38. The lowest BCUT2D eigenvalue weighted by Crippen LogP contribution is -2.34. The van der Waals surface area contributed by atoms with E-state index in [1.165, 1.54) is 12.8 Å². The molecule has 0 saturated heterocycles. The maximum Gasteiger partial charge on any atom is 0.253 e. The van der Waals surface area contributed by atoms with Gasteiger partial charge in [0.15, 0.2) is 0 Å². The van der Waals surface area contributed by atoms with Crippen molar-refractivity contribution in [3.8, 4) is 0 Å². The van der Waals surface area contributed by atoms with Crippen LogP contribution >= 0.6 is 0 Å². The molecular formula is C15H24N4O. The van der Waals surface area contributed by atoms with E-state index in [0.29, 0.717) is 12.1 Å². The number of likely N-dealkylation sites (N-methyl/N-ethyl adjacent to an activating group) is 1. The van der Waals surface area contributed by atoms with Gasteiger partial charge in [-0.3, -0.25) is 9.78 Å². The first-order valence-electron chi connectivity index (χ1n) is 7.38. The zero-order valence-corrected chi connectivity index (χ0v) is 12.4. The Balaban J connectivity index is 1.84. The Morgan fingerprint density at radius 1 is 1.45 bits per heavy atom. The van der Waals surface area contributed by atoms with Crippen LogP contribution < -0.4 is 10.6 Å². The molecule has 1 fully saturated rings. The number of hydrogen-bond donors (Lipinski definition) is 2. The van der Waals surface area contributed by atoms with Crippen molar-refractivity contribution in [2.24, 2.45) is 0 Å². The molecule has 1 aliphatic rings. The molecule has 20 heavy (non-hydrogen) atoms. The van der Waals surface area contributed by atoms with Crippen molar-refractivity contribution in [1.29, 1.82) is 0 Å². The predicted octanol–water partition coefficient (Wildman–Crippen LogP) is 1.73. The fourth-order valence-electron chi connectivity index (χ4n) is 2.13. The van der Waals surface area contributed by atoms with Gasteiger partial charge in [-0.1, -0.05) is 6.92 Å². The number of aromatic nitrogens is 1. The molecule has 1 saturated carbocycles. The third kappa shape index (κ3) is 4.20. The van der Waals surface area contributed by atoms with Crippen molar-refractivity contribution in [2.45, 2.75) is 32.2 Å². The number of hydrogen-bond acceptors (Lipinski definition) is 4. The number of carbonyl (C=O) groups is 1. The van der Waals surface area contributed by atoms with Crippen LogP contribution in [0.5, 0.6) is 0 Å². The number of carbonyl (C=O) groups excluding carboxylic acids is 1. The van der Waals surface area contributed by atoms with E-state index in [1.54, 1.807) is 18.5 Å². The monoisotopic (exact) mass is 276 g/mol. The van der Waals surface area contributed by atoms with E-state index >= 15 is 0 Å². The van der Waals surface area contributed by atoms with Gasteiger partial charge in [0.2, 0.25) is 0 Å². The third-order valence-corrected chi connectivity index (χ3v) is 3.55. The Kier molecular flexibility index (Phi) is 5.35. The molecule has 0 aliphatic heterocycles. The zero-order chi connectivity index (χ0) is 14.4. The molecule has 2 rings (SSSR count). The van der Waals surface area contributed by atoms with Crippen molar-refractivity contribution in [3.63, 3.8) is 0 Å². The number of rotatable bonds is 8. The number of anilines is 1. The Bertz CT molecular complexity index is 445. The van der Waals surface area contributed by atoms with Gasteiger partial charge in [-0.25, -0.2) is 0 Å². The maximum atomic E-state index is 12.2. The van der Waals surface area contributed by atoms with Crippen LogP contribution in [0.3, 0.4) is 0 Å². The van der Waals surface area contributed by atoms with Crippen LogP contribution in [0.15, 0.2) is 18.5 Å². The van der Waals surface area contributed by atoms with E-state index in [4.69, 9.17) is 0 Å². The van der Waals surface area contributed by atoms with Crippen LogP contribution in [0.1, 0.15) is 36.5 Å². The van der Waals surface area contributed by atoms with E-state index in [2.05, 4.69) is 34.5 Å². The summed E-state index contributed by atoms with van der Waals surface area (Å²) in [5.41, 5.74) is 1.48. The second-order valence-corrected chi connectivity index (χ2v) is 5.32. The summed E-state index contributed by atoms with van der Waals surface area (Å²) in [5.74, 6) is -0.0322. The van der Waals surface area contributed by atoms with Gasteiger partial charge in [-0.05, 0) is 32.4 Å². The SMILES string of the molecule is CCCNc1cnccc1C(=O)NCCN(C)C1CC1. The van der Waals surface area contributed by atoms with Gasteiger partial charge in [0, 0.05) is 31.9 Å². The van der Waals surface area contributed by atoms with Gasteiger partial charge in [0.05, 0.1) is 17.4 Å². The minimum absolute atomic E-state index is 0.0322. The van der Waals surface area contributed by atoms with E-state index in [9.17, 15) is 4.79 Å². The molecule has 5 heteroatoms. The van der Waals surface area contributed by atoms with Gasteiger partial charge in [0.25, 0.3) is 5.91 Å². The first kappa shape index (κ1) is 14.8. The summed E-state index contributed by atoms with van der Waals surface area (Å²) in [6.45, 7) is 4.52. The molecule has 0 bridgehead atoms. The van der Waals surface area contributed by atoms with Crippen molar-refractivity contribution in [3.05, 3.63) is 24.0 Å². The van der Waals surface area contributed by atoms with Gasteiger partial charge in [-0.2, -0.15) is 0 Å². The highest BCUT2D eigenvalue weighted by atomic mass is 16.1. The molecule has 0 spiro atoms. The summed E-state index contributed by atoms with van der Waals surface area (Å²) in [6, 6.07) is 2.49. The van der Waals surface area contributed by atoms with E-state index in [-0.39, 0.29) is 5.91 Å². The highest BCUT2D eigenvalue weighted by Crippen LogP contribution is 2.24. The Morgan fingerprint density at radius 3 is 2.95 bits per heavy atom. The van der Waals surface area contributed by atoms with Gasteiger partial charge in [-0.15, -0.1) is 0 Å². The van der Waals surface area contributed by atoms with Crippen LogP contribution in [-0.2, 0) is 0 Å². The summed E-state index contributed by atoms with van der Waals surface area (Å²) >= 11 is 0. The van der Waals surface area contributed by atoms with Gasteiger partial charge < -0.3 is 15.5 Å². The third-order valence-electron chi connectivity index (χ3n) is 3.55. The average Bonchev–Trinajstić information content (AvgIpc) is 3.29. The molecule has 110 valence electrons. The average molecular weight is 276 g/mol. The van der Waals surface area contributed by atoms with Crippen LogP contribution in [-0.4, -0.2) is 48.5 Å². The molecule has 1 aromatic rings. The van der Waals surface area contributed by atoms with Crippen molar-refractivity contribution < 1.29 is 4.79 Å². The topological polar surface area (TPSA) is 57.3 Å². The summed E-state index contributed by atoms with van der Waals surface area (Å²) in [7, 11) is 2.12. The molecule has 0 radical (unpaired) electrons. The van der Waals surface area contributed by atoms with Crippen LogP contribution in [0, 0.1) is 0 Å². The van der Waals surface area contributed by atoms with E-state index < -0.39 is 0 Å². The molecule has 1 aromatic heterocycles. The number of nitrogens with zero attached hydrogens (tertiary/aromatic N) is 2. The summed E-state index contributed by atoms with van der Waals surface area (Å²) in [6.07, 6.45) is 6.96. The lowest BCUT2D eigenvalue weighted by atomic mass is 10.2. The standard InChI is InChI=1S/C15H24N4O/c1-3-7-17-14-11-16-8-6-13(14)15(20)18-9-10-19(2)12-4-5-12/h6,8,11-12,17H,3-5,7,9-10H2,1-2H3,(H,18,20). The Morgan fingerprint density at radius 2 is 2.25 bits per heavy atom. The van der Waals surface area contributed by atoms with Crippen molar-refractivity contribution in [1.82, 2.24) is 15.2 Å². The molecule has 5 nitrogen and oxygen atoms in total. The molecule has 1 amide bonds. The minimum atomic E-state index is -0.0322. The number of amides is 1. The summed E-state index contributed by atoms with van der Waals surface area (Å²) in [4.78, 5) is 18.6. The molecular weight excluding hydrogens is 252 g/mol. The number of nitrogens with one attached hydrogen (secondary N) is 2. The normalized spacial score (nSPS) is 14.3. The smallest absolute Gasteiger partial charge is 0.253 e. The highest BCUT2D eigenvalue weighted by molar-refractivity contribution is 5.99. The lowest BCUT2D eigenvalue weighted by molar-refractivity contribution is 0.0950. The molecule has 1 aliphatic carbocycles. The fourth-order valence-corrected chi connectivity index (χ4v) is 2.13. The second kappa shape index (κ2) is 7.24. The molecule has 0 atom stereocenters. The zero-order valence-electron chi connectivity index (χ0n) is 12.4.